The number of unbranched alkanes of at least 4 members (excludes halogenated alkanes) is 1. The fraction of sp³-hybridized carbons (Fsp3) is 0.667. The number of hydrogen-bond acceptors (Lipinski definition) is 5. The van der Waals surface area contributed by atoms with Gasteiger partial charge in [0.25, 0.3) is 0 Å². The predicted octanol–water partition coefficient (Wildman–Crippen LogP) is 2.28. The van der Waals surface area contributed by atoms with Crippen LogP contribution in [0, 0.1) is 5.92 Å². The van der Waals surface area contributed by atoms with E-state index in [4.69, 9.17) is 0 Å². The molecule has 118 valence electrons. The van der Waals surface area contributed by atoms with E-state index in [9.17, 15) is 9.90 Å². The maximum Gasteiger partial charge on any atom is 0.320 e. The van der Waals surface area contributed by atoms with Gasteiger partial charge < -0.3 is 10.4 Å². The van der Waals surface area contributed by atoms with Crippen LogP contribution in [-0.2, 0) is 11.3 Å². The van der Waals surface area contributed by atoms with E-state index in [1.165, 1.54) is 0 Å². The molecule has 1 heterocycles. The summed E-state index contributed by atoms with van der Waals surface area (Å²) < 4.78 is 0. The zero-order valence-electron chi connectivity index (χ0n) is 13.1. The van der Waals surface area contributed by atoms with E-state index in [1.54, 1.807) is 12.4 Å². The highest BCUT2D eigenvalue weighted by atomic mass is 16.4. The smallest absolute Gasteiger partial charge is 0.320 e. The Balaban J connectivity index is 2.49. The third-order valence-electron chi connectivity index (χ3n) is 3.52. The Labute approximate surface area is 126 Å². The minimum absolute atomic E-state index is 0.0819. The Hall–Kier alpha value is -1.69. The summed E-state index contributed by atoms with van der Waals surface area (Å²) in [5.41, 5.74) is 0.880. The van der Waals surface area contributed by atoms with Gasteiger partial charge in [-0.1, -0.05) is 33.6 Å². The largest absolute Gasteiger partial charge is 0.480 e. The summed E-state index contributed by atoms with van der Waals surface area (Å²) in [5.74, 6) is -0.120. The van der Waals surface area contributed by atoms with Crippen molar-refractivity contribution in [1.29, 1.82) is 0 Å². The Bertz CT molecular complexity index is 422. The second kappa shape index (κ2) is 9.28. The summed E-state index contributed by atoms with van der Waals surface area (Å²) in [7, 11) is 0. The summed E-state index contributed by atoms with van der Waals surface area (Å²) in [6, 6.07) is -0.544. The molecule has 6 nitrogen and oxygen atoms in total. The van der Waals surface area contributed by atoms with E-state index in [-0.39, 0.29) is 5.92 Å². The lowest BCUT2D eigenvalue weighted by molar-refractivity contribution is -0.140. The summed E-state index contributed by atoms with van der Waals surface area (Å²) >= 11 is 0. The minimum Gasteiger partial charge on any atom is -0.480 e. The highest BCUT2D eigenvalue weighted by molar-refractivity contribution is 5.73. The molecule has 0 bridgehead atoms. The molecule has 1 aromatic heterocycles. The Kier molecular flexibility index (Phi) is 7.68. The molecule has 21 heavy (non-hydrogen) atoms. The number of carboxylic acid groups (broad SMARTS) is 1. The van der Waals surface area contributed by atoms with Gasteiger partial charge in [-0.3, -0.25) is 10.1 Å². The third-order valence-corrected chi connectivity index (χ3v) is 3.52. The van der Waals surface area contributed by atoms with Gasteiger partial charge in [-0.25, -0.2) is 9.97 Å². The fourth-order valence-corrected chi connectivity index (χ4v) is 1.91. The zero-order valence-corrected chi connectivity index (χ0v) is 13.1. The van der Waals surface area contributed by atoms with Crippen molar-refractivity contribution < 1.29 is 9.90 Å². The molecule has 0 aliphatic carbocycles. The number of aliphatic carboxylic acids is 1. The lowest BCUT2D eigenvalue weighted by Gasteiger charge is -2.20. The maximum atomic E-state index is 11.2. The van der Waals surface area contributed by atoms with Gasteiger partial charge in [-0.15, -0.1) is 0 Å². The molecule has 1 aromatic rings. The van der Waals surface area contributed by atoms with Crippen molar-refractivity contribution in [2.24, 2.45) is 5.92 Å². The number of carbonyl (C=O) groups is 1. The van der Waals surface area contributed by atoms with E-state index >= 15 is 0 Å². The van der Waals surface area contributed by atoms with Crippen LogP contribution in [0.4, 0.5) is 5.95 Å². The van der Waals surface area contributed by atoms with Crippen molar-refractivity contribution >= 4 is 11.9 Å². The maximum absolute atomic E-state index is 11.2. The van der Waals surface area contributed by atoms with Gasteiger partial charge >= 0.3 is 5.97 Å². The van der Waals surface area contributed by atoms with Gasteiger partial charge in [-0.2, -0.15) is 0 Å². The first kappa shape index (κ1) is 17.4. The normalized spacial score (nSPS) is 13.7. The highest BCUT2D eigenvalue weighted by Crippen LogP contribution is 2.09. The molecule has 0 aliphatic rings. The highest BCUT2D eigenvalue weighted by Gasteiger charge is 2.22. The van der Waals surface area contributed by atoms with E-state index < -0.39 is 12.0 Å². The van der Waals surface area contributed by atoms with Crippen molar-refractivity contribution in [2.75, 3.05) is 11.9 Å². The van der Waals surface area contributed by atoms with Crippen LogP contribution in [0.3, 0.4) is 0 Å². The molecule has 0 radical (unpaired) electrons. The molecule has 2 atom stereocenters. The molecule has 0 saturated heterocycles. The molecule has 3 N–H and O–H groups in total. The topological polar surface area (TPSA) is 87.1 Å². The van der Waals surface area contributed by atoms with Gasteiger partial charge in [0.2, 0.25) is 5.95 Å². The van der Waals surface area contributed by atoms with Crippen LogP contribution in [0.5, 0.6) is 0 Å². The van der Waals surface area contributed by atoms with Gasteiger partial charge in [0, 0.05) is 31.0 Å². The molecule has 0 unspecified atom stereocenters. The van der Waals surface area contributed by atoms with Crippen molar-refractivity contribution in [2.45, 2.75) is 52.6 Å². The number of rotatable bonds is 10. The molecule has 0 spiro atoms. The number of aromatic nitrogens is 2. The average molecular weight is 294 g/mol. The van der Waals surface area contributed by atoms with Crippen LogP contribution in [0.2, 0.25) is 0 Å². The second-order valence-electron chi connectivity index (χ2n) is 5.28. The number of hydrogen-bond donors (Lipinski definition) is 3. The van der Waals surface area contributed by atoms with Crippen LogP contribution < -0.4 is 10.6 Å². The quantitative estimate of drug-likeness (QED) is 0.574. The fourth-order valence-electron chi connectivity index (χ4n) is 1.91. The van der Waals surface area contributed by atoms with Crippen molar-refractivity contribution in [1.82, 2.24) is 15.3 Å². The summed E-state index contributed by atoms with van der Waals surface area (Å²) in [6.07, 6.45) is 6.48. The Morgan fingerprint density at radius 2 is 2.00 bits per heavy atom. The lowest BCUT2D eigenvalue weighted by Crippen LogP contribution is -2.41. The average Bonchev–Trinajstić information content (AvgIpc) is 2.48. The molecule has 0 aromatic carbocycles. The lowest BCUT2D eigenvalue weighted by atomic mass is 9.99. The molecule has 0 fully saturated rings. The van der Waals surface area contributed by atoms with E-state index in [0.717, 1.165) is 31.4 Å². The first-order valence-corrected chi connectivity index (χ1v) is 7.59. The van der Waals surface area contributed by atoms with E-state index in [0.29, 0.717) is 12.5 Å². The van der Waals surface area contributed by atoms with Crippen LogP contribution in [0.25, 0.3) is 0 Å². The Morgan fingerprint density at radius 1 is 1.33 bits per heavy atom. The van der Waals surface area contributed by atoms with E-state index in [1.807, 2.05) is 13.8 Å². The number of nitrogens with one attached hydrogen (secondary N) is 2. The van der Waals surface area contributed by atoms with Gasteiger partial charge in [0.05, 0.1) is 0 Å². The molecular formula is C15H26N4O2. The number of anilines is 1. The first-order chi connectivity index (χ1) is 10.1. The number of nitrogens with zero attached hydrogens (tertiary/aromatic N) is 2. The third kappa shape index (κ3) is 6.08. The van der Waals surface area contributed by atoms with Crippen molar-refractivity contribution in [3.8, 4) is 0 Å². The zero-order chi connectivity index (χ0) is 15.7. The van der Waals surface area contributed by atoms with Gasteiger partial charge in [-0.05, 0) is 12.3 Å². The molecule has 0 amide bonds. The molecule has 0 aliphatic heterocycles. The first-order valence-electron chi connectivity index (χ1n) is 7.59. The predicted molar refractivity (Wildman–Crippen MR) is 83.1 cm³/mol. The summed E-state index contributed by atoms with van der Waals surface area (Å²) in [4.78, 5) is 19.7. The monoisotopic (exact) mass is 294 g/mol. The van der Waals surface area contributed by atoms with Crippen LogP contribution in [0.1, 0.15) is 45.6 Å². The van der Waals surface area contributed by atoms with E-state index in [2.05, 4.69) is 27.5 Å². The van der Waals surface area contributed by atoms with Crippen molar-refractivity contribution in [3.05, 3.63) is 18.0 Å². The molecule has 1 rings (SSSR count). The van der Waals surface area contributed by atoms with Crippen molar-refractivity contribution in [3.63, 3.8) is 0 Å². The summed E-state index contributed by atoms with van der Waals surface area (Å²) in [5, 5.41) is 15.4. The SMILES string of the molecule is CCCCNc1ncc(CN[C@H](C(=O)O)[C@@H](C)CC)cn1. The van der Waals surface area contributed by atoms with Crippen LogP contribution in [0.15, 0.2) is 12.4 Å². The number of carboxylic acids is 1. The standard InChI is InChI=1S/C15H26N4O2/c1-4-6-7-16-15-18-9-12(10-19-15)8-17-13(14(20)21)11(3)5-2/h9-11,13,17H,4-8H2,1-3H3,(H,20,21)(H,16,18,19)/t11-,13-/m0/s1. The molecule has 0 saturated carbocycles. The summed E-state index contributed by atoms with van der Waals surface area (Å²) in [6.45, 7) is 7.37. The molecular weight excluding hydrogens is 268 g/mol. The Morgan fingerprint density at radius 3 is 2.52 bits per heavy atom. The molecule has 6 heteroatoms. The van der Waals surface area contributed by atoms with Gasteiger partial charge in [0.15, 0.2) is 0 Å². The van der Waals surface area contributed by atoms with Gasteiger partial charge in [0.1, 0.15) is 6.04 Å². The van der Waals surface area contributed by atoms with Crippen LogP contribution in [-0.4, -0.2) is 33.6 Å². The minimum atomic E-state index is -0.817. The second-order valence-corrected chi connectivity index (χ2v) is 5.28. The van der Waals surface area contributed by atoms with Crippen LogP contribution >= 0.6 is 0 Å².